The summed E-state index contributed by atoms with van der Waals surface area (Å²) in [5, 5.41) is 0. The first-order valence-corrected chi connectivity index (χ1v) is 6.93. The summed E-state index contributed by atoms with van der Waals surface area (Å²) < 4.78 is 5.40. The van der Waals surface area contributed by atoms with Crippen LogP contribution in [0.15, 0.2) is 4.99 Å². The molecule has 104 valence electrons. The summed E-state index contributed by atoms with van der Waals surface area (Å²) in [7, 11) is 0. The second kappa shape index (κ2) is 6.92. The maximum absolute atomic E-state index is 5.56. The highest BCUT2D eigenvalue weighted by Gasteiger charge is 2.29. The molecule has 2 aliphatic rings. The van der Waals surface area contributed by atoms with Gasteiger partial charge in [-0.3, -0.25) is 15.3 Å². The number of guanidine groups is 1. The van der Waals surface area contributed by atoms with Gasteiger partial charge in [-0.15, -0.1) is 0 Å². The second-order valence-corrected chi connectivity index (χ2v) is 4.89. The third-order valence-electron chi connectivity index (χ3n) is 3.64. The van der Waals surface area contributed by atoms with Crippen LogP contribution in [0.25, 0.3) is 0 Å². The fourth-order valence-electron chi connectivity index (χ4n) is 2.63. The van der Waals surface area contributed by atoms with E-state index >= 15 is 0 Å². The van der Waals surface area contributed by atoms with E-state index < -0.39 is 0 Å². The number of hydrogen-bond acceptors (Lipinski definition) is 4. The third kappa shape index (κ3) is 3.34. The molecule has 0 aromatic carbocycles. The highest BCUT2D eigenvalue weighted by atomic mass is 16.5. The quantitative estimate of drug-likeness (QED) is 0.311. The van der Waals surface area contributed by atoms with Crippen LogP contribution < -0.4 is 11.3 Å². The van der Waals surface area contributed by atoms with Gasteiger partial charge in [0.05, 0.1) is 13.2 Å². The summed E-state index contributed by atoms with van der Waals surface area (Å²) in [4.78, 5) is 9.27. The zero-order chi connectivity index (χ0) is 12.8. The smallest absolute Gasteiger partial charge is 0.208 e. The van der Waals surface area contributed by atoms with Crippen LogP contribution >= 0.6 is 0 Å². The van der Waals surface area contributed by atoms with Crippen LogP contribution in [0.2, 0.25) is 0 Å². The summed E-state index contributed by atoms with van der Waals surface area (Å²) >= 11 is 0. The molecule has 0 amide bonds. The van der Waals surface area contributed by atoms with Gasteiger partial charge in [0.25, 0.3) is 0 Å². The highest BCUT2D eigenvalue weighted by molar-refractivity contribution is 5.79. The lowest BCUT2D eigenvalue weighted by atomic mass is 10.2. The van der Waals surface area contributed by atoms with Crippen molar-refractivity contribution in [2.24, 2.45) is 10.8 Å². The van der Waals surface area contributed by atoms with E-state index in [1.54, 1.807) is 0 Å². The van der Waals surface area contributed by atoms with Crippen LogP contribution in [-0.2, 0) is 4.74 Å². The minimum Gasteiger partial charge on any atom is -0.379 e. The first-order valence-electron chi connectivity index (χ1n) is 6.93. The first-order chi connectivity index (χ1) is 8.85. The molecule has 1 atom stereocenters. The molecule has 18 heavy (non-hydrogen) atoms. The fraction of sp³-hybridized carbons (Fsp3) is 0.917. The van der Waals surface area contributed by atoms with Gasteiger partial charge >= 0.3 is 0 Å². The van der Waals surface area contributed by atoms with Crippen molar-refractivity contribution >= 4 is 5.96 Å². The van der Waals surface area contributed by atoms with E-state index in [0.29, 0.717) is 6.04 Å². The van der Waals surface area contributed by atoms with E-state index in [2.05, 4.69) is 27.1 Å². The summed E-state index contributed by atoms with van der Waals surface area (Å²) in [5.74, 6) is 6.40. The molecule has 0 aromatic rings. The van der Waals surface area contributed by atoms with Crippen molar-refractivity contribution in [3.8, 4) is 0 Å². The van der Waals surface area contributed by atoms with Crippen molar-refractivity contribution in [1.29, 1.82) is 0 Å². The zero-order valence-corrected chi connectivity index (χ0v) is 11.3. The number of hydrazine groups is 1. The molecule has 6 heteroatoms. The Labute approximate surface area is 109 Å². The minimum atomic E-state index is 0.620. The van der Waals surface area contributed by atoms with Gasteiger partial charge in [-0.05, 0) is 12.8 Å². The molecular formula is C12H25N5O. The first kappa shape index (κ1) is 13.6. The van der Waals surface area contributed by atoms with Crippen LogP contribution in [0.3, 0.4) is 0 Å². The molecule has 3 N–H and O–H groups in total. The van der Waals surface area contributed by atoms with Crippen molar-refractivity contribution in [3.63, 3.8) is 0 Å². The molecule has 0 radical (unpaired) electrons. The van der Waals surface area contributed by atoms with Gasteiger partial charge in [0.2, 0.25) is 5.96 Å². The molecule has 2 heterocycles. The standard InChI is InChI=1S/C12H25N5O/c1-2-4-14-12(15-13)17-5-3-11(10-17)16-6-8-18-9-7-16/h11H,2-10,13H2,1H3,(H,14,15). The van der Waals surface area contributed by atoms with Crippen molar-refractivity contribution in [2.75, 3.05) is 45.9 Å². The van der Waals surface area contributed by atoms with Crippen LogP contribution in [0, 0.1) is 0 Å². The summed E-state index contributed by atoms with van der Waals surface area (Å²) in [6.07, 6.45) is 2.23. The zero-order valence-electron chi connectivity index (χ0n) is 11.3. The van der Waals surface area contributed by atoms with Crippen LogP contribution in [-0.4, -0.2) is 67.7 Å². The lowest BCUT2D eigenvalue weighted by Crippen LogP contribution is -2.48. The number of nitrogens with two attached hydrogens (primary N) is 1. The van der Waals surface area contributed by atoms with Gasteiger partial charge in [0.1, 0.15) is 0 Å². The van der Waals surface area contributed by atoms with E-state index in [9.17, 15) is 0 Å². The van der Waals surface area contributed by atoms with Gasteiger partial charge in [-0.1, -0.05) is 6.92 Å². The molecule has 1 unspecified atom stereocenters. The van der Waals surface area contributed by atoms with Gasteiger partial charge in [0, 0.05) is 38.8 Å². The molecule has 0 spiro atoms. The largest absolute Gasteiger partial charge is 0.379 e. The third-order valence-corrected chi connectivity index (χ3v) is 3.64. The number of likely N-dealkylation sites (tertiary alicyclic amines) is 1. The van der Waals surface area contributed by atoms with Gasteiger partial charge < -0.3 is 9.64 Å². The van der Waals surface area contributed by atoms with Crippen molar-refractivity contribution in [2.45, 2.75) is 25.8 Å². The van der Waals surface area contributed by atoms with E-state index in [-0.39, 0.29) is 0 Å². The summed E-state index contributed by atoms with van der Waals surface area (Å²) in [6.45, 7) is 8.84. The average molecular weight is 255 g/mol. The molecule has 0 aliphatic carbocycles. The second-order valence-electron chi connectivity index (χ2n) is 4.89. The van der Waals surface area contributed by atoms with Crippen LogP contribution in [0.1, 0.15) is 19.8 Å². The van der Waals surface area contributed by atoms with E-state index in [0.717, 1.165) is 58.3 Å². The van der Waals surface area contributed by atoms with Crippen LogP contribution in [0.5, 0.6) is 0 Å². The van der Waals surface area contributed by atoms with Crippen LogP contribution in [0.4, 0.5) is 0 Å². The number of ether oxygens (including phenoxy) is 1. The van der Waals surface area contributed by atoms with Gasteiger partial charge in [0.15, 0.2) is 0 Å². The molecule has 0 saturated carbocycles. The minimum absolute atomic E-state index is 0.620. The number of hydrogen-bond donors (Lipinski definition) is 2. The lowest BCUT2D eigenvalue weighted by Gasteiger charge is -2.32. The molecule has 2 rings (SSSR count). The maximum Gasteiger partial charge on any atom is 0.208 e. The molecule has 2 fully saturated rings. The Hall–Kier alpha value is -0.850. The van der Waals surface area contributed by atoms with E-state index in [1.165, 1.54) is 6.42 Å². The normalized spacial score (nSPS) is 26.7. The van der Waals surface area contributed by atoms with Gasteiger partial charge in [-0.2, -0.15) is 0 Å². The highest BCUT2D eigenvalue weighted by Crippen LogP contribution is 2.16. The number of nitrogens with zero attached hydrogens (tertiary/aromatic N) is 3. The summed E-state index contributed by atoms with van der Waals surface area (Å²) in [6, 6.07) is 0.620. The van der Waals surface area contributed by atoms with Crippen molar-refractivity contribution in [1.82, 2.24) is 15.2 Å². The molecule has 6 nitrogen and oxygen atoms in total. The lowest BCUT2D eigenvalue weighted by molar-refractivity contribution is 0.0195. The number of morpholine rings is 1. The number of rotatable bonds is 3. The average Bonchev–Trinajstić information content (AvgIpc) is 2.90. The Bertz CT molecular complexity index is 278. The van der Waals surface area contributed by atoms with E-state index in [4.69, 9.17) is 10.6 Å². The molecule has 2 aliphatic heterocycles. The van der Waals surface area contributed by atoms with Gasteiger partial charge in [-0.25, -0.2) is 5.84 Å². The predicted molar refractivity (Wildman–Crippen MR) is 72.3 cm³/mol. The molecule has 0 aromatic heterocycles. The number of nitrogens with one attached hydrogen (secondary N) is 1. The van der Waals surface area contributed by atoms with E-state index in [1.807, 2.05) is 0 Å². The van der Waals surface area contributed by atoms with Crippen molar-refractivity contribution in [3.05, 3.63) is 0 Å². The Balaban J connectivity index is 1.86. The molecule has 2 saturated heterocycles. The molecular weight excluding hydrogens is 230 g/mol. The predicted octanol–water partition coefficient (Wildman–Crippen LogP) is -0.378. The maximum atomic E-state index is 5.56. The molecule has 0 bridgehead atoms. The Morgan fingerprint density at radius 2 is 2.17 bits per heavy atom. The van der Waals surface area contributed by atoms with Crippen molar-refractivity contribution < 1.29 is 4.74 Å². The topological polar surface area (TPSA) is 66.1 Å². The Morgan fingerprint density at radius 1 is 1.39 bits per heavy atom. The summed E-state index contributed by atoms with van der Waals surface area (Å²) in [5.41, 5.74) is 2.73. The Morgan fingerprint density at radius 3 is 2.83 bits per heavy atom. The number of aliphatic imine (C=N–C) groups is 1. The fourth-order valence-corrected chi connectivity index (χ4v) is 2.63. The monoisotopic (exact) mass is 255 g/mol. The Kier molecular flexibility index (Phi) is 5.22. The SMILES string of the molecule is CCCN=C(NN)N1CCC(N2CCOCC2)C1.